The molecule has 19 heavy (non-hydrogen) atoms. The predicted octanol–water partition coefficient (Wildman–Crippen LogP) is 4.36. The molecule has 0 saturated heterocycles. The molecule has 0 aromatic heterocycles. The van der Waals surface area contributed by atoms with E-state index in [4.69, 9.17) is 17.3 Å². The average Bonchev–Trinajstić information content (AvgIpc) is 2.36. The van der Waals surface area contributed by atoms with Crippen LogP contribution in [0.2, 0.25) is 5.02 Å². The molecule has 0 bridgehead atoms. The van der Waals surface area contributed by atoms with Crippen LogP contribution in [0.15, 0.2) is 36.4 Å². The zero-order chi connectivity index (χ0) is 14.0. The van der Waals surface area contributed by atoms with E-state index in [1.165, 1.54) is 24.3 Å². The zero-order valence-electron chi connectivity index (χ0n) is 10.3. The topological polar surface area (TPSA) is 29.3 Å². The van der Waals surface area contributed by atoms with Crippen molar-refractivity contribution in [1.82, 2.24) is 0 Å². The minimum atomic E-state index is -0.555. The molecular weight excluding hydrogens is 270 g/mol. The molecule has 0 fully saturated rings. The van der Waals surface area contributed by atoms with E-state index < -0.39 is 5.82 Å². The number of rotatable bonds is 3. The van der Waals surface area contributed by atoms with Gasteiger partial charge in [0.15, 0.2) is 0 Å². The summed E-state index contributed by atoms with van der Waals surface area (Å²) >= 11 is 5.67. The molecule has 0 aliphatic rings. The first-order valence-corrected chi connectivity index (χ1v) is 6.18. The third-order valence-corrected chi connectivity index (χ3v) is 3.09. The summed E-state index contributed by atoms with van der Waals surface area (Å²) in [6.45, 7) is 2.39. The molecule has 0 atom stereocenters. The molecule has 2 N–H and O–H groups in total. The zero-order valence-corrected chi connectivity index (χ0v) is 11.1. The molecule has 100 valence electrons. The van der Waals surface area contributed by atoms with Crippen molar-refractivity contribution in [2.75, 3.05) is 17.2 Å². The van der Waals surface area contributed by atoms with Crippen LogP contribution < -0.4 is 10.6 Å². The highest BCUT2D eigenvalue weighted by molar-refractivity contribution is 6.31. The van der Waals surface area contributed by atoms with Crippen molar-refractivity contribution < 1.29 is 8.78 Å². The highest BCUT2D eigenvalue weighted by Crippen LogP contribution is 2.33. The Kier molecular flexibility index (Phi) is 3.90. The Hall–Kier alpha value is -1.81. The number of nitrogens with zero attached hydrogens (tertiary/aromatic N) is 1. The first kappa shape index (κ1) is 13.6. The average molecular weight is 283 g/mol. The highest BCUT2D eigenvalue weighted by atomic mass is 35.5. The van der Waals surface area contributed by atoms with E-state index in [0.717, 1.165) is 0 Å². The fourth-order valence-corrected chi connectivity index (χ4v) is 2.09. The lowest BCUT2D eigenvalue weighted by Crippen LogP contribution is -2.18. The molecule has 0 heterocycles. The van der Waals surface area contributed by atoms with Crippen LogP contribution in [0.3, 0.4) is 0 Å². The van der Waals surface area contributed by atoms with Crippen molar-refractivity contribution in [3.05, 3.63) is 53.1 Å². The van der Waals surface area contributed by atoms with Crippen LogP contribution in [0.5, 0.6) is 0 Å². The summed E-state index contributed by atoms with van der Waals surface area (Å²) in [4.78, 5) is 1.72. The Labute approximate surface area is 115 Å². The van der Waals surface area contributed by atoms with Crippen LogP contribution in [0.4, 0.5) is 25.8 Å². The molecule has 0 amide bonds. The molecule has 2 nitrogen and oxygen atoms in total. The van der Waals surface area contributed by atoms with Crippen LogP contribution in [-0.2, 0) is 0 Å². The maximum atomic E-state index is 13.6. The minimum absolute atomic E-state index is 0.0310. The lowest BCUT2D eigenvalue weighted by Gasteiger charge is -2.25. The van der Waals surface area contributed by atoms with Gasteiger partial charge in [0, 0.05) is 18.3 Å². The van der Waals surface area contributed by atoms with Crippen molar-refractivity contribution >= 4 is 28.7 Å². The molecule has 0 aliphatic carbocycles. The summed E-state index contributed by atoms with van der Waals surface area (Å²) in [7, 11) is 0. The SMILES string of the molecule is CCN(c1cccc(F)c1)c1cc(F)c(Cl)cc1N. The maximum Gasteiger partial charge on any atom is 0.144 e. The number of benzene rings is 2. The van der Waals surface area contributed by atoms with Gasteiger partial charge in [0.2, 0.25) is 0 Å². The van der Waals surface area contributed by atoms with Gasteiger partial charge in [0.25, 0.3) is 0 Å². The van der Waals surface area contributed by atoms with Crippen LogP contribution >= 0.6 is 11.6 Å². The normalized spacial score (nSPS) is 10.5. The third kappa shape index (κ3) is 2.79. The third-order valence-electron chi connectivity index (χ3n) is 2.80. The van der Waals surface area contributed by atoms with E-state index in [1.54, 1.807) is 17.0 Å². The molecular formula is C14H13ClF2N2. The fourth-order valence-electron chi connectivity index (χ4n) is 1.92. The van der Waals surface area contributed by atoms with E-state index in [1.807, 2.05) is 6.92 Å². The molecule has 0 spiro atoms. The van der Waals surface area contributed by atoms with Crippen LogP contribution in [-0.4, -0.2) is 6.54 Å². The molecule has 0 unspecified atom stereocenters. The number of hydrogen-bond acceptors (Lipinski definition) is 2. The number of hydrogen-bond donors (Lipinski definition) is 1. The van der Waals surface area contributed by atoms with E-state index in [-0.39, 0.29) is 10.8 Å². The van der Waals surface area contributed by atoms with Gasteiger partial charge >= 0.3 is 0 Å². The highest BCUT2D eigenvalue weighted by Gasteiger charge is 2.14. The maximum absolute atomic E-state index is 13.6. The summed E-state index contributed by atoms with van der Waals surface area (Å²) in [5.41, 5.74) is 7.28. The van der Waals surface area contributed by atoms with Crippen molar-refractivity contribution in [1.29, 1.82) is 0 Å². The van der Waals surface area contributed by atoms with Crippen LogP contribution in [0, 0.1) is 11.6 Å². The largest absolute Gasteiger partial charge is 0.397 e. The van der Waals surface area contributed by atoms with Gasteiger partial charge < -0.3 is 10.6 Å². The van der Waals surface area contributed by atoms with Crippen molar-refractivity contribution in [2.45, 2.75) is 6.92 Å². The van der Waals surface area contributed by atoms with E-state index >= 15 is 0 Å². The molecule has 5 heteroatoms. The standard InChI is InChI=1S/C14H13ClF2N2/c1-2-19(10-5-3-4-9(16)6-10)14-8-12(17)11(15)7-13(14)18/h3-8H,2,18H2,1H3. The Balaban J connectivity index is 2.51. The van der Waals surface area contributed by atoms with E-state index in [0.29, 0.717) is 23.6 Å². The van der Waals surface area contributed by atoms with Gasteiger partial charge in [-0.1, -0.05) is 17.7 Å². The second-order valence-corrected chi connectivity index (χ2v) is 4.46. The summed E-state index contributed by atoms with van der Waals surface area (Å²) in [6.07, 6.45) is 0. The minimum Gasteiger partial charge on any atom is -0.397 e. The monoisotopic (exact) mass is 282 g/mol. The van der Waals surface area contributed by atoms with Gasteiger partial charge in [-0.3, -0.25) is 0 Å². The van der Waals surface area contributed by atoms with Gasteiger partial charge in [-0.2, -0.15) is 0 Å². The van der Waals surface area contributed by atoms with Gasteiger partial charge in [-0.15, -0.1) is 0 Å². The summed E-state index contributed by atoms with van der Waals surface area (Å²) in [5.74, 6) is -0.912. The van der Waals surface area contributed by atoms with Crippen LogP contribution in [0.1, 0.15) is 6.92 Å². The molecule has 2 rings (SSSR count). The molecule has 2 aromatic carbocycles. The predicted molar refractivity (Wildman–Crippen MR) is 74.9 cm³/mol. The number of nitrogens with two attached hydrogens (primary N) is 1. The second kappa shape index (κ2) is 5.45. The van der Waals surface area contributed by atoms with E-state index in [9.17, 15) is 8.78 Å². The fraction of sp³-hybridized carbons (Fsp3) is 0.143. The lowest BCUT2D eigenvalue weighted by molar-refractivity contribution is 0.626. The number of anilines is 3. The molecule has 0 aliphatic heterocycles. The molecule has 2 aromatic rings. The molecule has 0 saturated carbocycles. The number of nitrogen functional groups attached to an aromatic ring is 1. The van der Waals surface area contributed by atoms with Gasteiger partial charge in [-0.05, 0) is 31.2 Å². The number of halogens is 3. The Morgan fingerprint density at radius 1 is 1.21 bits per heavy atom. The summed E-state index contributed by atoms with van der Waals surface area (Å²) in [6, 6.07) is 8.66. The Morgan fingerprint density at radius 2 is 1.95 bits per heavy atom. The van der Waals surface area contributed by atoms with Gasteiger partial charge in [0.1, 0.15) is 11.6 Å². The lowest BCUT2D eigenvalue weighted by atomic mass is 10.2. The van der Waals surface area contributed by atoms with E-state index in [2.05, 4.69) is 0 Å². The van der Waals surface area contributed by atoms with Crippen LogP contribution in [0.25, 0.3) is 0 Å². The van der Waals surface area contributed by atoms with Crippen molar-refractivity contribution in [2.24, 2.45) is 0 Å². The van der Waals surface area contributed by atoms with Crippen molar-refractivity contribution in [3.8, 4) is 0 Å². The quantitative estimate of drug-likeness (QED) is 0.848. The van der Waals surface area contributed by atoms with Gasteiger partial charge in [-0.25, -0.2) is 8.78 Å². The molecule has 0 radical (unpaired) electrons. The second-order valence-electron chi connectivity index (χ2n) is 4.05. The Bertz CT molecular complexity index is 602. The van der Waals surface area contributed by atoms with Gasteiger partial charge in [0.05, 0.1) is 16.4 Å². The first-order chi connectivity index (χ1) is 9.02. The van der Waals surface area contributed by atoms with Crippen molar-refractivity contribution in [3.63, 3.8) is 0 Å². The summed E-state index contributed by atoms with van der Waals surface area (Å²) in [5, 5.41) is -0.0310. The Morgan fingerprint density at radius 3 is 2.58 bits per heavy atom. The smallest absolute Gasteiger partial charge is 0.144 e. The first-order valence-electron chi connectivity index (χ1n) is 5.80. The summed E-state index contributed by atoms with van der Waals surface area (Å²) < 4.78 is 26.8.